The molecule has 0 aliphatic carbocycles. The van der Waals surface area contributed by atoms with E-state index in [0.717, 1.165) is 0 Å². The Balaban J connectivity index is 2.90. The number of nitrogens with one attached hydrogen (secondary N) is 1. The SMILES string of the molecule is O=C(N[Si])c1ccc(F)cc1. The van der Waals surface area contributed by atoms with Crippen molar-refractivity contribution in [1.82, 2.24) is 4.98 Å². The van der Waals surface area contributed by atoms with Crippen molar-refractivity contribution in [2.45, 2.75) is 0 Å². The van der Waals surface area contributed by atoms with Crippen molar-refractivity contribution in [3.8, 4) is 0 Å². The van der Waals surface area contributed by atoms with Crippen LogP contribution in [0, 0.1) is 5.82 Å². The number of carbonyl (C=O) groups excluding carboxylic acids is 1. The Hall–Kier alpha value is -1.16. The molecule has 1 N–H and O–H groups in total. The van der Waals surface area contributed by atoms with E-state index in [2.05, 4.69) is 15.4 Å². The fraction of sp³-hybridized carbons (Fsp3) is 0. The van der Waals surface area contributed by atoms with Crippen molar-refractivity contribution in [2.75, 3.05) is 0 Å². The summed E-state index contributed by atoms with van der Waals surface area (Å²) in [7, 11) is 2.82. The van der Waals surface area contributed by atoms with Crippen molar-refractivity contribution < 1.29 is 9.18 Å². The van der Waals surface area contributed by atoms with Gasteiger partial charge >= 0.3 is 0 Å². The highest BCUT2D eigenvalue weighted by atomic mass is 28.2. The van der Waals surface area contributed by atoms with Gasteiger partial charge in [0.15, 0.2) is 10.4 Å². The fourth-order valence-corrected chi connectivity index (χ4v) is 0.818. The number of amides is 1. The molecule has 1 aromatic rings. The summed E-state index contributed by atoms with van der Waals surface area (Å²) in [6.45, 7) is 0. The molecule has 2 nitrogen and oxygen atoms in total. The Bertz CT molecular complexity index is 260. The predicted octanol–water partition coefficient (Wildman–Crippen LogP) is 0.639. The zero-order valence-electron chi connectivity index (χ0n) is 5.60. The second-order valence-electron chi connectivity index (χ2n) is 1.96. The van der Waals surface area contributed by atoms with Gasteiger partial charge in [0.25, 0.3) is 0 Å². The van der Waals surface area contributed by atoms with Crippen LogP contribution in [0.15, 0.2) is 24.3 Å². The summed E-state index contributed by atoms with van der Waals surface area (Å²) < 4.78 is 12.3. The molecule has 0 bridgehead atoms. The summed E-state index contributed by atoms with van der Waals surface area (Å²) in [5.74, 6) is -0.642. The molecule has 1 rings (SSSR count). The third-order valence-electron chi connectivity index (χ3n) is 1.22. The van der Waals surface area contributed by atoms with Gasteiger partial charge in [-0.05, 0) is 24.3 Å². The molecule has 1 aromatic carbocycles. The number of carbonyl (C=O) groups is 1. The zero-order chi connectivity index (χ0) is 8.27. The lowest BCUT2D eigenvalue weighted by atomic mass is 10.2. The molecule has 0 unspecified atom stereocenters. The summed E-state index contributed by atoms with van der Waals surface area (Å²) >= 11 is 0. The number of hydrogen-bond donors (Lipinski definition) is 1. The zero-order valence-corrected chi connectivity index (χ0v) is 6.60. The van der Waals surface area contributed by atoms with Crippen molar-refractivity contribution in [3.05, 3.63) is 35.6 Å². The van der Waals surface area contributed by atoms with Crippen LogP contribution in [-0.4, -0.2) is 16.3 Å². The maximum atomic E-state index is 12.3. The van der Waals surface area contributed by atoms with Crippen LogP contribution in [-0.2, 0) is 0 Å². The number of halogens is 1. The third kappa shape index (κ3) is 1.88. The van der Waals surface area contributed by atoms with Crippen molar-refractivity contribution in [3.63, 3.8) is 0 Å². The van der Waals surface area contributed by atoms with Gasteiger partial charge in [0, 0.05) is 5.56 Å². The summed E-state index contributed by atoms with van der Waals surface area (Å²) in [5.41, 5.74) is 0.418. The number of rotatable bonds is 1. The number of hydrogen-bond acceptors (Lipinski definition) is 1. The van der Waals surface area contributed by atoms with Gasteiger partial charge in [0.1, 0.15) is 5.82 Å². The van der Waals surface area contributed by atoms with Gasteiger partial charge in [0.05, 0.1) is 0 Å². The summed E-state index contributed by atoms with van der Waals surface area (Å²) in [5, 5.41) is 0. The van der Waals surface area contributed by atoms with Crippen molar-refractivity contribution in [2.24, 2.45) is 0 Å². The molecule has 0 atom stereocenters. The van der Waals surface area contributed by atoms with Gasteiger partial charge in [-0.1, -0.05) is 0 Å². The molecule has 0 aliphatic heterocycles. The lowest BCUT2D eigenvalue weighted by Gasteiger charge is -1.97. The van der Waals surface area contributed by atoms with E-state index in [4.69, 9.17) is 0 Å². The van der Waals surface area contributed by atoms with E-state index in [9.17, 15) is 9.18 Å². The van der Waals surface area contributed by atoms with Gasteiger partial charge in [-0.2, -0.15) is 0 Å². The lowest BCUT2D eigenvalue weighted by Crippen LogP contribution is -2.19. The van der Waals surface area contributed by atoms with Gasteiger partial charge < -0.3 is 4.98 Å². The van der Waals surface area contributed by atoms with Crippen molar-refractivity contribution >= 4 is 16.3 Å². The minimum absolute atomic E-state index is 0.290. The molecule has 0 aromatic heterocycles. The molecule has 4 heteroatoms. The Morgan fingerprint density at radius 1 is 1.36 bits per heavy atom. The van der Waals surface area contributed by atoms with E-state index in [1.165, 1.54) is 24.3 Å². The molecule has 55 valence electrons. The lowest BCUT2D eigenvalue weighted by molar-refractivity contribution is 0.0981. The molecule has 0 spiro atoms. The highest BCUT2D eigenvalue weighted by Crippen LogP contribution is 2.01. The average molecular weight is 166 g/mol. The Labute approximate surface area is 66.9 Å². The van der Waals surface area contributed by atoms with Crippen LogP contribution in [0.4, 0.5) is 4.39 Å². The van der Waals surface area contributed by atoms with E-state index in [1.54, 1.807) is 0 Å². The largest absolute Gasteiger partial charge is 0.379 e. The summed E-state index contributed by atoms with van der Waals surface area (Å²) in [4.78, 5) is 13.1. The van der Waals surface area contributed by atoms with Gasteiger partial charge in [-0.25, -0.2) is 4.39 Å². The topological polar surface area (TPSA) is 29.1 Å². The first-order valence-corrected chi connectivity index (χ1v) is 3.46. The average Bonchev–Trinajstić information content (AvgIpc) is 2.05. The molecule has 1 amide bonds. The van der Waals surface area contributed by atoms with Crippen LogP contribution in [0.2, 0.25) is 0 Å². The minimum atomic E-state index is -0.351. The maximum absolute atomic E-state index is 12.3. The van der Waals surface area contributed by atoms with E-state index in [1.807, 2.05) is 0 Å². The van der Waals surface area contributed by atoms with Crippen LogP contribution < -0.4 is 4.98 Å². The molecule has 0 saturated heterocycles. The maximum Gasteiger partial charge on any atom is 0.243 e. The van der Waals surface area contributed by atoms with Crippen molar-refractivity contribution in [1.29, 1.82) is 0 Å². The second kappa shape index (κ2) is 3.29. The first kappa shape index (κ1) is 7.94. The van der Waals surface area contributed by atoms with Gasteiger partial charge in [0.2, 0.25) is 5.91 Å². The Morgan fingerprint density at radius 2 is 1.91 bits per heavy atom. The first-order chi connectivity index (χ1) is 5.24. The van der Waals surface area contributed by atoms with Gasteiger partial charge in [-0.3, -0.25) is 4.79 Å². The quantitative estimate of drug-likeness (QED) is 0.609. The summed E-state index contributed by atoms with van der Waals surface area (Å²) in [6.07, 6.45) is 0. The molecule has 11 heavy (non-hydrogen) atoms. The summed E-state index contributed by atoms with van der Waals surface area (Å²) in [6, 6.07) is 5.28. The molecule has 3 radical (unpaired) electrons. The third-order valence-corrected chi connectivity index (χ3v) is 1.45. The molecule has 0 aliphatic rings. The highest BCUT2D eigenvalue weighted by Gasteiger charge is 2.00. The van der Waals surface area contributed by atoms with E-state index in [0.29, 0.717) is 5.56 Å². The normalized spacial score (nSPS) is 9.27. The second-order valence-corrected chi connectivity index (χ2v) is 2.21. The van der Waals surface area contributed by atoms with E-state index < -0.39 is 0 Å². The van der Waals surface area contributed by atoms with Crippen LogP contribution in [0.5, 0.6) is 0 Å². The monoisotopic (exact) mass is 166 g/mol. The minimum Gasteiger partial charge on any atom is -0.379 e. The number of benzene rings is 1. The Kier molecular flexibility index (Phi) is 2.38. The standard InChI is InChI=1S/C7H5FNOSi/c8-6-3-1-5(2-4-6)7(10)9-11/h1-4H,(H,9,10). The highest BCUT2D eigenvalue weighted by molar-refractivity contribution is 6.18. The Morgan fingerprint density at radius 3 is 2.36 bits per heavy atom. The molecule has 0 heterocycles. The fourth-order valence-electron chi connectivity index (χ4n) is 0.673. The molecule has 0 fully saturated rings. The molecular formula is C7H5FNOSi. The first-order valence-electron chi connectivity index (χ1n) is 2.96. The molecule has 0 saturated carbocycles. The van der Waals surface area contributed by atoms with Crippen LogP contribution in [0.3, 0.4) is 0 Å². The van der Waals surface area contributed by atoms with Crippen LogP contribution in [0.25, 0.3) is 0 Å². The smallest absolute Gasteiger partial charge is 0.243 e. The van der Waals surface area contributed by atoms with Crippen LogP contribution >= 0.6 is 0 Å². The van der Waals surface area contributed by atoms with Gasteiger partial charge in [-0.15, -0.1) is 0 Å². The van der Waals surface area contributed by atoms with E-state index in [-0.39, 0.29) is 11.7 Å². The molecular weight excluding hydrogens is 161 g/mol. The van der Waals surface area contributed by atoms with Crippen LogP contribution in [0.1, 0.15) is 10.4 Å². The predicted molar refractivity (Wildman–Crippen MR) is 39.6 cm³/mol. The van der Waals surface area contributed by atoms with E-state index >= 15 is 0 Å².